The Morgan fingerprint density at radius 2 is 1.97 bits per heavy atom. The number of carbonyl (C=O) groups is 1. The molecule has 0 spiro atoms. The molecule has 3 atom stereocenters. The minimum atomic E-state index is -2.95. The number of aromatic nitrogens is 3. The summed E-state index contributed by atoms with van der Waals surface area (Å²) in [5.74, 6) is -0.200. The van der Waals surface area contributed by atoms with E-state index >= 15 is 0 Å². The van der Waals surface area contributed by atoms with Crippen molar-refractivity contribution in [1.82, 2.24) is 19.4 Å². The fraction of sp³-hybridized carbons (Fsp3) is 0.360. The lowest BCUT2D eigenvalue weighted by atomic mass is 10.0. The lowest BCUT2D eigenvalue weighted by Crippen LogP contribution is -2.30. The molecule has 4 heterocycles. The van der Waals surface area contributed by atoms with Crippen LogP contribution in [0.3, 0.4) is 0 Å². The normalized spacial score (nSPS) is 20.5. The van der Waals surface area contributed by atoms with E-state index in [1.807, 2.05) is 4.90 Å². The number of anilines is 1. The molecule has 35 heavy (non-hydrogen) atoms. The first-order chi connectivity index (χ1) is 16.8. The monoisotopic (exact) mass is 483 g/mol. The van der Waals surface area contributed by atoms with Gasteiger partial charge in [0, 0.05) is 36.8 Å². The zero-order valence-electron chi connectivity index (χ0n) is 19.0. The fourth-order valence-corrected chi connectivity index (χ4v) is 5.12. The number of fused-ring (bicyclic) bond motifs is 2. The third-order valence-corrected chi connectivity index (χ3v) is 6.82. The summed E-state index contributed by atoms with van der Waals surface area (Å²) in [5.41, 5.74) is -0.521. The van der Waals surface area contributed by atoms with Crippen molar-refractivity contribution in [3.63, 3.8) is 0 Å². The number of carbonyl (C=O) groups excluding carboxylic acids is 1. The Morgan fingerprint density at radius 1 is 1.20 bits per heavy atom. The third kappa shape index (κ3) is 4.06. The minimum Gasteiger partial charge on any atom is -0.359 e. The highest BCUT2D eigenvalue weighted by Crippen LogP contribution is 2.35. The van der Waals surface area contributed by atoms with E-state index in [4.69, 9.17) is 0 Å². The van der Waals surface area contributed by atoms with Gasteiger partial charge in [-0.05, 0) is 19.8 Å². The molecule has 0 radical (unpaired) electrons. The van der Waals surface area contributed by atoms with Crippen molar-refractivity contribution in [3.05, 3.63) is 76.2 Å². The summed E-state index contributed by atoms with van der Waals surface area (Å²) in [7, 11) is 0. The average Bonchev–Trinajstić information content (AvgIpc) is 3.38. The number of nitrogens with one attached hydrogen (secondary N) is 1. The van der Waals surface area contributed by atoms with E-state index in [0.717, 1.165) is 12.5 Å². The Kier molecular flexibility index (Phi) is 5.82. The van der Waals surface area contributed by atoms with E-state index < -0.39 is 23.8 Å². The Bertz CT molecular complexity index is 1390. The Balaban J connectivity index is 1.54. The summed E-state index contributed by atoms with van der Waals surface area (Å²) in [4.78, 5) is 35.7. The van der Waals surface area contributed by atoms with Crippen LogP contribution in [0.5, 0.6) is 0 Å². The maximum absolute atomic E-state index is 14.8. The molecule has 3 aromatic rings. The van der Waals surface area contributed by atoms with Crippen LogP contribution in [0.1, 0.15) is 54.7 Å². The second kappa shape index (κ2) is 8.83. The van der Waals surface area contributed by atoms with Gasteiger partial charge in [0.15, 0.2) is 0 Å². The molecular formula is C25H24F3N5O2. The molecule has 0 aliphatic carbocycles. The van der Waals surface area contributed by atoms with Gasteiger partial charge < -0.3 is 14.8 Å². The van der Waals surface area contributed by atoms with E-state index in [0.29, 0.717) is 41.9 Å². The predicted octanol–water partition coefficient (Wildman–Crippen LogP) is 4.45. The number of hydrogen-bond acceptors (Lipinski definition) is 5. The number of pyridine rings is 1. The second-order valence-corrected chi connectivity index (χ2v) is 8.97. The number of halogens is 3. The number of nitrogens with zero attached hydrogens (tertiary/aromatic N) is 4. The predicted molar refractivity (Wildman–Crippen MR) is 125 cm³/mol. The van der Waals surface area contributed by atoms with Crippen molar-refractivity contribution >= 4 is 22.6 Å². The van der Waals surface area contributed by atoms with E-state index in [9.17, 15) is 22.8 Å². The van der Waals surface area contributed by atoms with Gasteiger partial charge in [-0.15, -0.1) is 6.58 Å². The summed E-state index contributed by atoms with van der Waals surface area (Å²) in [6.45, 7) is 5.86. The van der Waals surface area contributed by atoms with Crippen LogP contribution in [0, 0.1) is 12.7 Å². The van der Waals surface area contributed by atoms with Gasteiger partial charge in [0.05, 0.1) is 28.6 Å². The number of alkyl halides is 2. The molecule has 0 bridgehead atoms. The van der Waals surface area contributed by atoms with Crippen molar-refractivity contribution in [2.45, 2.75) is 50.7 Å². The topological polar surface area (TPSA) is 80.1 Å². The van der Waals surface area contributed by atoms with Crippen molar-refractivity contribution in [2.75, 3.05) is 11.9 Å². The molecule has 182 valence electrons. The van der Waals surface area contributed by atoms with Crippen molar-refractivity contribution in [1.29, 1.82) is 0 Å². The first kappa shape index (κ1) is 23.1. The minimum absolute atomic E-state index is 0.00506. The first-order valence-electron chi connectivity index (χ1n) is 11.4. The highest BCUT2D eigenvalue weighted by Gasteiger charge is 2.40. The van der Waals surface area contributed by atoms with Crippen LogP contribution in [0.4, 0.5) is 19.0 Å². The van der Waals surface area contributed by atoms with Crippen LogP contribution in [0.15, 0.2) is 47.9 Å². The fourth-order valence-electron chi connectivity index (χ4n) is 5.12. The highest BCUT2D eigenvalue weighted by molar-refractivity contribution is 5.88. The van der Waals surface area contributed by atoms with Crippen LogP contribution in [-0.4, -0.2) is 37.9 Å². The Morgan fingerprint density at radius 3 is 2.69 bits per heavy atom. The molecule has 1 aromatic carbocycles. The van der Waals surface area contributed by atoms with E-state index in [-0.39, 0.29) is 29.1 Å². The molecule has 7 nitrogen and oxygen atoms in total. The van der Waals surface area contributed by atoms with Crippen LogP contribution < -0.4 is 10.9 Å². The highest BCUT2D eigenvalue weighted by atomic mass is 19.3. The van der Waals surface area contributed by atoms with E-state index in [2.05, 4.69) is 21.9 Å². The summed E-state index contributed by atoms with van der Waals surface area (Å²) in [6.07, 6.45) is 2.13. The van der Waals surface area contributed by atoms with E-state index in [1.165, 1.54) is 24.3 Å². The molecular weight excluding hydrogens is 459 g/mol. The SMILES string of the molecule is C=C[C@@H](Nc1nc(C)nc2cc(=O)n([C@H]3C[C@@H]4CCC(=O)N4C3)cc12)c1cccc(C(F)F)c1F. The van der Waals surface area contributed by atoms with Gasteiger partial charge in [0.25, 0.3) is 12.0 Å². The summed E-state index contributed by atoms with van der Waals surface area (Å²) in [5, 5.41) is 3.61. The van der Waals surface area contributed by atoms with Gasteiger partial charge >= 0.3 is 0 Å². The zero-order valence-corrected chi connectivity index (χ0v) is 19.0. The molecule has 2 aromatic heterocycles. The maximum atomic E-state index is 14.8. The third-order valence-electron chi connectivity index (χ3n) is 6.82. The number of aryl methyl sites for hydroxylation is 1. The van der Waals surface area contributed by atoms with Gasteiger partial charge in [0.2, 0.25) is 5.91 Å². The molecule has 1 N–H and O–H groups in total. The largest absolute Gasteiger partial charge is 0.359 e. The van der Waals surface area contributed by atoms with Crippen molar-refractivity contribution in [3.8, 4) is 0 Å². The number of amides is 1. The molecule has 2 aliphatic heterocycles. The Labute approximate surface area is 199 Å². The molecule has 0 saturated carbocycles. The van der Waals surface area contributed by atoms with Gasteiger partial charge in [-0.2, -0.15) is 0 Å². The van der Waals surface area contributed by atoms with Gasteiger partial charge in [-0.1, -0.05) is 24.3 Å². The molecule has 2 aliphatic rings. The van der Waals surface area contributed by atoms with Crippen LogP contribution in [-0.2, 0) is 4.79 Å². The lowest BCUT2D eigenvalue weighted by molar-refractivity contribution is -0.128. The van der Waals surface area contributed by atoms with Crippen LogP contribution in [0.25, 0.3) is 10.9 Å². The van der Waals surface area contributed by atoms with Gasteiger partial charge in [-0.25, -0.2) is 23.1 Å². The molecule has 10 heteroatoms. The molecule has 0 unspecified atom stereocenters. The van der Waals surface area contributed by atoms with Crippen LogP contribution in [0.2, 0.25) is 0 Å². The van der Waals surface area contributed by atoms with Crippen LogP contribution >= 0.6 is 0 Å². The first-order valence-corrected chi connectivity index (χ1v) is 11.4. The zero-order chi connectivity index (χ0) is 24.9. The Hall–Kier alpha value is -3.69. The van der Waals surface area contributed by atoms with E-state index in [1.54, 1.807) is 17.7 Å². The number of hydrogen-bond donors (Lipinski definition) is 1. The number of benzene rings is 1. The van der Waals surface area contributed by atoms with Gasteiger partial charge in [0.1, 0.15) is 17.5 Å². The lowest BCUT2D eigenvalue weighted by Gasteiger charge is -2.20. The number of rotatable bonds is 6. The maximum Gasteiger partial charge on any atom is 0.266 e. The quantitative estimate of drug-likeness (QED) is 0.524. The molecule has 2 saturated heterocycles. The van der Waals surface area contributed by atoms with Gasteiger partial charge in [-0.3, -0.25) is 9.59 Å². The smallest absolute Gasteiger partial charge is 0.266 e. The molecule has 5 rings (SSSR count). The molecule has 1 amide bonds. The summed E-state index contributed by atoms with van der Waals surface area (Å²) in [6, 6.07) is 4.34. The standard InChI is InChI=1S/C25H24F3N5O2/c1-3-19(16-5-4-6-17(23(16)26)24(27)28)31-25-18-12-33(22(35)10-20(18)29-13(2)30-25)15-9-14-7-8-21(34)32(14)11-15/h3-6,10,12,14-15,19,24H,1,7-9,11H2,2H3,(H,29,30,31)/t14-,15-,19+/m0/s1. The molecule has 2 fully saturated rings. The average molecular weight is 483 g/mol. The van der Waals surface area contributed by atoms with Crippen molar-refractivity contribution < 1.29 is 18.0 Å². The van der Waals surface area contributed by atoms with Crippen molar-refractivity contribution in [2.24, 2.45) is 0 Å². The summed E-state index contributed by atoms with van der Waals surface area (Å²) < 4.78 is 42.9. The summed E-state index contributed by atoms with van der Waals surface area (Å²) >= 11 is 0. The second-order valence-electron chi connectivity index (χ2n) is 8.97.